The van der Waals surface area contributed by atoms with Crippen LogP contribution in [-0.2, 0) is 11.2 Å². The second-order valence-electron chi connectivity index (χ2n) is 4.23. The Bertz CT molecular complexity index is 490. The first-order valence-corrected chi connectivity index (χ1v) is 5.79. The Hall–Kier alpha value is -1.70. The molecule has 0 spiro atoms. The SMILES string of the molecule is CC(C)(Cc1ccc(Br)nc1[N+](=O)[O-])OC(N)=O. The number of aromatic nitrogens is 1. The third kappa shape index (κ3) is 3.95. The third-order valence-corrected chi connectivity index (χ3v) is 2.53. The first kappa shape index (κ1) is 14.4. The van der Waals surface area contributed by atoms with Gasteiger partial charge in [-0.2, -0.15) is 0 Å². The van der Waals surface area contributed by atoms with Gasteiger partial charge in [0.2, 0.25) is 4.60 Å². The van der Waals surface area contributed by atoms with E-state index in [-0.39, 0.29) is 12.2 Å². The number of rotatable bonds is 4. The summed E-state index contributed by atoms with van der Waals surface area (Å²) in [5.41, 5.74) is 4.37. The van der Waals surface area contributed by atoms with E-state index >= 15 is 0 Å². The van der Waals surface area contributed by atoms with Gasteiger partial charge >= 0.3 is 11.9 Å². The van der Waals surface area contributed by atoms with E-state index in [1.54, 1.807) is 26.0 Å². The number of pyridine rings is 1. The van der Waals surface area contributed by atoms with Crippen molar-refractivity contribution in [2.75, 3.05) is 0 Å². The standard InChI is InChI=1S/C10H12BrN3O4/c1-10(2,18-9(12)15)5-6-3-4-7(11)13-8(6)14(16)17/h3-4H,5H2,1-2H3,(H2,12,15). The van der Waals surface area contributed by atoms with Gasteiger partial charge in [-0.25, -0.2) is 4.79 Å². The minimum Gasteiger partial charge on any atom is -0.443 e. The molecule has 0 aliphatic carbocycles. The molecule has 0 bridgehead atoms. The molecule has 0 aromatic carbocycles. The third-order valence-electron chi connectivity index (χ3n) is 2.09. The van der Waals surface area contributed by atoms with Crippen LogP contribution < -0.4 is 5.73 Å². The van der Waals surface area contributed by atoms with E-state index in [1.807, 2.05) is 0 Å². The lowest BCUT2D eigenvalue weighted by atomic mass is 9.99. The summed E-state index contributed by atoms with van der Waals surface area (Å²) in [5, 5.41) is 10.9. The topological polar surface area (TPSA) is 108 Å². The fourth-order valence-corrected chi connectivity index (χ4v) is 1.82. The Morgan fingerprint density at radius 1 is 1.61 bits per heavy atom. The van der Waals surface area contributed by atoms with Crippen molar-refractivity contribution in [2.24, 2.45) is 5.73 Å². The van der Waals surface area contributed by atoms with Crippen LogP contribution >= 0.6 is 15.9 Å². The van der Waals surface area contributed by atoms with Crippen LogP contribution in [0.4, 0.5) is 10.6 Å². The largest absolute Gasteiger partial charge is 0.443 e. The molecule has 0 radical (unpaired) electrons. The monoisotopic (exact) mass is 317 g/mol. The maximum atomic E-state index is 10.9. The summed E-state index contributed by atoms with van der Waals surface area (Å²) in [6.07, 6.45) is -0.778. The summed E-state index contributed by atoms with van der Waals surface area (Å²) in [7, 11) is 0. The number of ether oxygens (including phenoxy) is 1. The number of halogens is 1. The van der Waals surface area contributed by atoms with Crippen molar-refractivity contribution in [3.8, 4) is 0 Å². The highest BCUT2D eigenvalue weighted by atomic mass is 79.9. The second-order valence-corrected chi connectivity index (χ2v) is 5.04. The highest BCUT2D eigenvalue weighted by molar-refractivity contribution is 9.10. The molecule has 1 heterocycles. The van der Waals surface area contributed by atoms with Crippen LogP contribution in [0.25, 0.3) is 0 Å². The summed E-state index contributed by atoms with van der Waals surface area (Å²) in [6, 6.07) is 3.14. The van der Waals surface area contributed by atoms with Crippen molar-refractivity contribution < 1.29 is 14.5 Å². The van der Waals surface area contributed by atoms with E-state index in [1.165, 1.54) is 0 Å². The predicted octanol–water partition coefficient (Wildman–Crippen LogP) is 2.17. The first-order valence-electron chi connectivity index (χ1n) is 4.99. The van der Waals surface area contributed by atoms with E-state index in [0.29, 0.717) is 10.2 Å². The minimum atomic E-state index is -0.938. The molecule has 0 unspecified atom stereocenters. The number of carbonyl (C=O) groups is 1. The van der Waals surface area contributed by atoms with Crippen molar-refractivity contribution >= 4 is 27.8 Å². The zero-order valence-corrected chi connectivity index (χ0v) is 11.4. The Balaban J connectivity index is 3.03. The molecule has 7 nitrogen and oxygen atoms in total. The molecule has 0 saturated carbocycles. The van der Waals surface area contributed by atoms with Crippen molar-refractivity contribution in [3.05, 3.63) is 32.4 Å². The number of hydrogen-bond acceptors (Lipinski definition) is 5. The van der Waals surface area contributed by atoms with Gasteiger partial charge in [-0.3, -0.25) is 0 Å². The lowest BCUT2D eigenvalue weighted by Gasteiger charge is -2.23. The van der Waals surface area contributed by atoms with Crippen molar-refractivity contribution in [3.63, 3.8) is 0 Å². The Morgan fingerprint density at radius 3 is 2.72 bits per heavy atom. The van der Waals surface area contributed by atoms with Gasteiger partial charge in [-0.05, 0) is 35.9 Å². The summed E-state index contributed by atoms with van der Waals surface area (Å²) < 4.78 is 5.25. The van der Waals surface area contributed by atoms with E-state index in [4.69, 9.17) is 10.5 Å². The maximum Gasteiger partial charge on any atom is 0.405 e. The van der Waals surface area contributed by atoms with Gasteiger partial charge in [0.05, 0.1) is 5.56 Å². The van der Waals surface area contributed by atoms with Crippen LogP contribution in [0.5, 0.6) is 0 Å². The summed E-state index contributed by atoms with van der Waals surface area (Å²) in [5.74, 6) is -0.273. The van der Waals surface area contributed by atoms with E-state index < -0.39 is 16.6 Å². The average molecular weight is 318 g/mol. The molecular formula is C10H12BrN3O4. The molecule has 8 heteroatoms. The summed E-state index contributed by atoms with van der Waals surface area (Å²) in [4.78, 5) is 24.8. The maximum absolute atomic E-state index is 10.9. The van der Waals surface area contributed by atoms with Gasteiger partial charge in [0.25, 0.3) is 0 Å². The van der Waals surface area contributed by atoms with Crippen molar-refractivity contribution in [2.45, 2.75) is 25.9 Å². The molecule has 0 atom stereocenters. The normalized spacial score (nSPS) is 11.1. The van der Waals surface area contributed by atoms with Gasteiger partial charge < -0.3 is 20.6 Å². The highest BCUT2D eigenvalue weighted by Crippen LogP contribution is 2.25. The molecule has 0 saturated heterocycles. The highest BCUT2D eigenvalue weighted by Gasteiger charge is 2.27. The van der Waals surface area contributed by atoms with E-state index in [0.717, 1.165) is 0 Å². The molecule has 1 amide bonds. The number of nitrogens with two attached hydrogens (primary N) is 1. The van der Waals surface area contributed by atoms with Crippen LogP contribution in [-0.4, -0.2) is 21.6 Å². The summed E-state index contributed by atoms with van der Waals surface area (Å²) >= 11 is 3.06. The molecule has 0 aliphatic heterocycles. The summed E-state index contributed by atoms with van der Waals surface area (Å²) in [6.45, 7) is 3.23. The fourth-order valence-electron chi connectivity index (χ4n) is 1.52. The Morgan fingerprint density at radius 2 is 2.22 bits per heavy atom. The minimum absolute atomic E-state index is 0.145. The van der Waals surface area contributed by atoms with Gasteiger partial charge in [-0.1, -0.05) is 0 Å². The van der Waals surface area contributed by atoms with Gasteiger partial charge in [0.1, 0.15) is 5.60 Å². The van der Waals surface area contributed by atoms with Crippen LogP contribution in [0.15, 0.2) is 16.7 Å². The fraction of sp³-hybridized carbons (Fsp3) is 0.400. The van der Waals surface area contributed by atoms with Gasteiger partial charge in [0.15, 0.2) is 0 Å². The molecule has 98 valence electrons. The van der Waals surface area contributed by atoms with Crippen LogP contribution in [0.3, 0.4) is 0 Å². The van der Waals surface area contributed by atoms with E-state index in [9.17, 15) is 14.9 Å². The van der Waals surface area contributed by atoms with Crippen LogP contribution in [0.1, 0.15) is 19.4 Å². The number of primary amides is 1. The molecule has 2 N–H and O–H groups in total. The Kier molecular flexibility index (Phi) is 4.23. The Labute approximate surface area is 112 Å². The number of nitro groups is 1. The lowest BCUT2D eigenvalue weighted by Crippen LogP contribution is -2.33. The van der Waals surface area contributed by atoms with Crippen LogP contribution in [0.2, 0.25) is 0 Å². The van der Waals surface area contributed by atoms with Crippen molar-refractivity contribution in [1.82, 2.24) is 4.98 Å². The molecule has 0 fully saturated rings. The number of carbonyl (C=O) groups excluding carboxylic acids is 1. The lowest BCUT2D eigenvalue weighted by molar-refractivity contribution is -0.390. The molecule has 1 rings (SSSR count). The average Bonchev–Trinajstić information content (AvgIpc) is 2.18. The first-order chi connectivity index (χ1) is 8.21. The van der Waals surface area contributed by atoms with E-state index in [2.05, 4.69) is 20.9 Å². The zero-order valence-electron chi connectivity index (χ0n) is 9.84. The molecular weight excluding hydrogens is 306 g/mol. The number of nitrogens with zero attached hydrogens (tertiary/aromatic N) is 2. The smallest absolute Gasteiger partial charge is 0.405 e. The van der Waals surface area contributed by atoms with Crippen molar-refractivity contribution in [1.29, 1.82) is 0 Å². The number of amides is 1. The molecule has 1 aromatic rings. The predicted molar refractivity (Wildman–Crippen MR) is 67.0 cm³/mol. The molecule has 0 aliphatic rings. The second kappa shape index (κ2) is 5.30. The molecule has 1 aromatic heterocycles. The quantitative estimate of drug-likeness (QED) is 0.520. The van der Waals surface area contributed by atoms with Gasteiger partial charge in [-0.15, -0.1) is 0 Å². The zero-order chi connectivity index (χ0) is 13.9. The van der Waals surface area contributed by atoms with Gasteiger partial charge in [0, 0.05) is 22.4 Å². The number of hydrogen-bond donors (Lipinski definition) is 1. The van der Waals surface area contributed by atoms with Crippen LogP contribution in [0, 0.1) is 10.1 Å². The molecule has 18 heavy (non-hydrogen) atoms.